The maximum absolute atomic E-state index is 2.21. The summed E-state index contributed by atoms with van der Waals surface area (Å²) < 4.78 is 0. The Kier molecular flexibility index (Phi) is 4.57. The van der Waals surface area contributed by atoms with Crippen LogP contribution >= 0.6 is 0 Å². The SMILES string of the molecule is CN(C)c1ccc(-c2ccc(-c3ccccc3N(C)C)cc2)cc1. The number of nitrogens with zero attached hydrogens (tertiary/aromatic N) is 2. The van der Waals surface area contributed by atoms with E-state index < -0.39 is 0 Å². The van der Waals surface area contributed by atoms with Crippen LogP contribution in [0, 0.1) is 0 Å². The largest absolute Gasteiger partial charge is 0.378 e. The maximum atomic E-state index is 2.21. The molecule has 0 bridgehead atoms. The number of hydrogen-bond donors (Lipinski definition) is 0. The van der Waals surface area contributed by atoms with Crippen LogP contribution in [0.3, 0.4) is 0 Å². The van der Waals surface area contributed by atoms with Crippen LogP contribution in [0.15, 0.2) is 72.8 Å². The van der Waals surface area contributed by atoms with Crippen LogP contribution in [-0.2, 0) is 0 Å². The van der Waals surface area contributed by atoms with Gasteiger partial charge in [-0.05, 0) is 34.9 Å². The Balaban J connectivity index is 1.91. The lowest BCUT2D eigenvalue weighted by molar-refractivity contribution is 1.13. The van der Waals surface area contributed by atoms with Crippen LogP contribution in [0.1, 0.15) is 0 Å². The molecule has 3 aromatic rings. The van der Waals surface area contributed by atoms with Crippen molar-refractivity contribution in [1.82, 2.24) is 0 Å². The molecule has 0 aromatic heterocycles. The van der Waals surface area contributed by atoms with E-state index >= 15 is 0 Å². The summed E-state index contributed by atoms with van der Waals surface area (Å²) in [5.41, 5.74) is 7.44. The van der Waals surface area contributed by atoms with E-state index in [4.69, 9.17) is 0 Å². The Morgan fingerprint density at radius 3 is 1.54 bits per heavy atom. The van der Waals surface area contributed by atoms with Crippen molar-refractivity contribution in [2.24, 2.45) is 0 Å². The van der Waals surface area contributed by atoms with Gasteiger partial charge < -0.3 is 9.80 Å². The van der Waals surface area contributed by atoms with E-state index in [1.807, 2.05) is 0 Å². The fourth-order valence-corrected chi connectivity index (χ4v) is 2.90. The molecule has 0 heterocycles. The van der Waals surface area contributed by atoms with Crippen LogP contribution < -0.4 is 9.80 Å². The van der Waals surface area contributed by atoms with Gasteiger partial charge in [0, 0.05) is 45.1 Å². The molecule has 3 aromatic carbocycles. The first-order chi connectivity index (χ1) is 11.6. The Hall–Kier alpha value is -2.74. The van der Waals surface area contributed by atoms with Gasteiger partial charge in [0.25, 0.3) is 0 Å². The Morgan fingerprint density at radius 1 is 0.500 bits per heavy atom. The highest BCUT2D eigenvalue weighted by Gasteiger charge is 2.06. The molecule has 0 fully saturated rings. The average Bonchev–Trinajstić information content (AvgIpc) is 2.62. The van der Waals surface area contributed by atoms with Crippen LogP contribution in [-0.4, -0.2) is 28.2 Å². The highest BCUT2D eigenvalue weighted by molar-refractivity contribution is 5.80. The third kappa shape index (κ3) is 3.28. The van der Waals surface area contributed by atoms with Gasteiger partial charge >= 0.3 is 0 Å². The molecular formula is C22H24N2. The Bertz CT molecular complexity index is 800. The lowest BCUT2D eigenvalue weighted by Gasteiger charge is -2.17. The summed E-state index contributed by atoms with van der Waals surface area (Å²) in [6.07, 6.45) is 0. The lowest BCUT2D eigenvalue weighted by atomic mass is 9.99. The molecule has 0 radical (unpaired) electrons. The summed E-state index contributed by atoms with van der Waals surface area (Å²) in [4.78, 5) is 4.27. The zero-order valence-corrected chi connectivity index (χ0v) is 14.8. The van der Waals surface area contributed by atoms with Gasteiger partial charge in [-0.2, -0.15) is 0 Å². The van der Waals surface area contributed by atoms with Crippen molar-refractivity contribution in [1.29, 1.82) is 0 Å². The summed E-state index contributed by atoms with van der Waals surface area (Å²) >= 11 is 0. The van der Waals surface area contributed by atoms with E-state index in [2.05, 4.69) is 111 Å². The monoisotopic (exact) mass is 316 g/mol. The third-order valence-corrected chi connectivity index (χ3v) is 4.30. The number of para-hydroxylation sites is 1. The van der Waals surface area contributed by atoms with Gasteiger partial charge in [-0.1, -0.05) is 54.6 Å². The number of benzene rings is 3. The van der Waals surface area contributed by atoms with Crippen molar-refractivity contribution in [2.75, 3.05) is 38.0 Å². The van der Waals surface area contributed by atoms with Crippen molar-refractivity contribution in [3.63, 3.8) is 0 Å². The highest BCUT2D eigenvalue weighted by atomic mass is 15.1. The molecule has 0 aliphatic carbocycles. The van der Waals surface area contributed by atoms with Crippen molar-refractivity contribution in [3.8, 4) is 22.3 Å². The zero-order chi connectivity index (χ0) is 17.1. The topological polar surface area (TPSA) is 6.48 Å². The number of hydrogen-bond acceptors (Lipinski definition) is 2. The summed E-state index contributed by atoms with van der Waals surface area (Å²) in [6.45, 7) is 0. The standard InChI is InChI=1S/C22H24N2/c1-23(2)20-15-13-18(14-16-20)17-9-11-19(12-10-17)21-7-5-6-8-22(21)24(3)4/h5-16H,1-4H3. The fraction of sp³-hybridized carbons (Fsp3) is 0.182. The molecular weight excluding hydrogens is 292 g/mol. The van der Waals surface area contributed by atoms with Crippen molar-refractivity contribution >= 4 is 11.4 Å². The van der Waals surface area contributed by atoms with Crippen LogP contribution in [0.25, 0.3) is 22.3 Å². The van der Waals surface area contributed by atoms with Crippen LogP contribution in [0.4, 0.5) is 11.4 Å². The normalized spacial score (nSPS) is 10.5. The highest BCUT2D eigenvalue weighted by Crippen LogP contribution is 2.31. The molecule has 0 aliphatic rings. The van der Waals surface area contributed by atoms with Gasteiger partial charge in [-0.3, -0.25) is 0 Å². The van der Waals surface area contributed by atoms with E-state index in [1.165, 1.54) is 33.6 Å². The molecule has 0 N–H and O–H groups in total. The minimum atomic E-state index is 1.22. The smallest absolute Gasteiger partial charge is 0.0440 e. The summed E-state index contributed by atoms with van der Waals surface area (Å²) in [5.74, 6) is 0. The molecule has 2 heteroatoms. The van der Waals surface area contributed by atoms with Gasteiger partial charge in [0.1, 0.15) is 0 Å². The quantitative estimate of drug-likeness (QED) is 0.656. The van der Waals surface area contributed by atoms with Gasteiger partial charge in [-0.25, -0.2) is 0 Å². The predicted molar refractivity (Wildman–Crippen MR) is 106 cm³/mol. The van der Waals surface area contributed by atoms with Crippen LogP contribution in [0.5, 0.6) is 0 Å². The van der Waals surface area contributed by atoms with E-state index in [1.54, 1.807) is 0 Å². The Morgan fingerprint density at radius 2 is 1.00 bits per heavy atom. The molecule has 24 heavy (non-hydrogen) atoms. The minimum Gasteiger partial charge on any atom is -0.378 e. The second-order valence-electron chi connectivity index (χ2n) is 6.43. The lowest BCUT2D eigenvalue weighted by Crippen LogP contribution is -2.09. The minimum absolute atomic E-state index is 1.22. The van der Waals surface area contributed by atoms with Gasteiger partial charge in [0.05, 0.1) is 0 Å². The van der Waals surface area contributed by atoms with E-state index in [9.17, 15) is 0 Å². The summed E-state index contributed by atoms with van der Waals surface area (Å²) in [6, 6.07) is 26.0. The molecule has 2 nitrogen and oxygen atoms in total. The third-order valence-electron chi connectivity index (χ3n) is 4.30. The first-order valence-electron chi connectivity index (χ1n) is 8.21. The molecule has 0 aliphatic heterocycles. The predicted octanol–water partition coefficient (Wildman–Crippen LogP) is 5.15. The van der Waals surface area contributed by atoms with E-state index in [0.717, 1.165) is 0 Å². The Labute approximate surface area is 145 Å². The number of anilines is 2. The maximum Gasteiger partial charge on any atom is 0.0440 e. The van der Waals surface area contributed by atoms with Crippen molar-refractivity contribution in [2.45, 2.75) is 0 Å². The zero-order valence-electron chi connectivity index (χ0n) is 14.8. The second kappa shape index (κ2) is 6.79. The second-order valence-corrected chi connectivity index (χ2v) is 6.43. The molecule has 122 valence electrons. The fourth-order valence-electron chi connectivity index (χ4n) is 2.90. The first kappa shape index (κ1) is 16.1. The molecule has 0 spiro atoms. The van der Waals surface area contributed by atoms with Crippen LogP contribution in [0.2, 0.25) is 0 Å². The molecule has 0 unspecified atom stereocenters. The van der Waals surface area contributed by atoms with Gasteiger partial charge in [-0.15, -0.1) is 0 Å². The van der Waals surface area contributed by atoms with Gasteiger partial charge in [0.15, 0.2) is 0 Å². The molecule has 0 saturated heterocycles. The summed E-state index contributed by atoms with van der Waals surface area (Å²) in [5, 5.41) is 0. The average molecular weight is 316 g/mol. The van der Waals surface area contributed by atoms with Gasteiger partial charge in [0.2, 0.25) is 0 Å². The molecule has 0 amide bonds. The molecule has 3 rings (SSSR count). The van der Waals surface area contributed by atoms with E-state index in [0.29, 0.717) is 0 Å². The number of rotatable bonds is 4. The van der Waals surface area contributed by atoms with E-state index in [-0.39, 0.29) is 0 Å². The van der Waals surface area contributed by atoms with Crippen molar-refractivity contribution < 1.29 is 0 Å². The summed E-state index contributed by atoms with van der Waals surface area (Å²) in [7, 11) is 8.29. The first-order valence-corrected chi connectivity index (χ1v) is 8.21. The molecule has 0 saturated carbocycles. The molecule has 0 atom stereocenters. The van der Waals surface area contributed by atoms with Crippen molar-refractivity contribution in [3.05, 3.63) is 72.8 Å².